The molecule has 0 atom stereocenters. The molecule has 8 nitrogen and oxygen atoms in total. The van der Waals surface area contributed by atoms with Gasteiger partial charge in [-0.15, -0.1) is 0 Å². The molecule has 0 radical (unpaired) electrons. The molecule has 2 N–H and O–H groups in total. The molecule has 1 saturated carbocycles. The summed E-state index contributed by atoms with van der Waals surface area (Å²) < 4.78 is 52.9. The van der Waals surface area contributed by atoms with Crippen LogP contribution in [-0.2, 0) is 19.4 Å². The second kappa shape index (κ2) is 10.5. The van der Waals surface area contributed by atoms with Gasteiger partial charge in [0.05, 0.1) is 21.7 Å². The summed E-state index contributed by atoms with van der Waals surface area (Å²) in [6, 6.07) is 10.3. The number of para-hydroxylation sites is 1. The number of carbonyl (C=O) groups excluding carboxylic acids is 3. The molecule has 0 heterocycles. The van der Waals surface area contributed by atoms with Crippen molar-refractivity contribution in [1.29, 1.82) is 0 Å². The van der Waals surface area contributed by atoms with Crippen LogP contribution in [0.1, 0.15) is 46.4 Å². The van der Waals surface area contributed by atoms with Crippen molar-refractivity contribution in [2.24, 2.45) is 0 Å². The van der Waals surface area contributed by atoms with Crippen molar-refractivity contribution in [2.45, 2.75) is 42.4 Å². The number of benzene rings is 2. The molecule has 0 unspecified atom stereocenters. The lowest BCUT2D eigenvalue weighted by molar-refractivity contribution is -0.119. The number of sulfone groups is 1. The number of rotatable bonds is 8. The Kier molecular flexibility index (Phi) is 7.75. The first kappa shape index (κ1) is 24.3. The molecule has 176 valence electrons. The minimum Gasteiger partial charge on any atom is -0.452 e. The van der Waals surface area contributed by atoms with Crippen LogP contribution in [0.25, 0.3) is 0 Å². The van der Waals surface area contributed by atoms with E-state index in [0.29, 0.717) is 0 Å². The van der Waals surface area contributed by atoms with Gasteiger partial charge in [-0.05, 0) is 49.2 Å². The van der Waals surface area contributed by atoms with Gasteiger partial charge in [0, 0.05) is 6.04 Å². The third-order valence-corrected chi connectivity index (χ3v) is 6.52. The van der Waals surface area contributed by atoms with Crippen LogP contribution in [0.2, 0.25) is 0 Å². The SMILES string of the molecule is O=C(COC(=O)c1ccc(S(=O)(=O)C(F)F)cc1)Nc1ccccc1C(=O)NC1CCCC1. The van der Waals surface area contributed by atoms with Crippen molar-refractivity contribution in [3.8, 4) is 0 Å². The summed E-state index contributed by atoms with van der Waals surface area (Å²) in [5.41, 5.74) is 0.419. The van der Waals surface area contributed by atoms with Gasteiger partial charge in [-0.3, -0.25) is 9.59 Å². The summed E-state index contributed by atoms with van der Waals surface area (Å²) in [5.74, 6) is -5.53. The number of amides is 2. The van der Waals surface area contributed by atoms with Gasteiger partial charge >= 0.3 is 11.7 Å². The van der Waals surface area contributed by atoms with Crippen molar-refractivity contribution in [2.75, 3.05) is 11.9 Å². The van der Waals surface area contributed by atoms with Crippen molar-refractivity contribution in [3.05, 3.63) is 59.7 Å². The van der Waals surface area contributed by atoms with E-state index >= 15 is 0 Å². The molecule has 0 aliphatic heterocycles. The van der Waals surface area contributed by atoms with Crippen molar-refractivity contribution in [3.63, 3.8) is 0 Å². The van der Waals surface area contributed by atoms with Crippen molar-refractivity contribution >= 4 is 33.3 Å². The fourth-order valence-corrected chi connectivity index (χ4v) is 4.13. The Bertz CT molecular complexity index is 1130. The first-order valence-corrected chi connectivity index (χ1v) is 11.7. The Labute approximate surface area is 189 Å². The summed E-state index contributed by atoms with van der Waals surface area (Å²) in [5, 5.41) is 5.46. The maximum absolute atomic E-state index is 12.6. The quantitative estimate of drug-likeness (QED) is 0.561. The molecule has 2 amide bonds. The Hall–Kier alpha value is -3.34. The number of hydrogen-bond acceptors (Lipinski definition) is 6. The van der Waals surface area contributed by atoms with Crippen LogP contribution < -0.4 is 10.6 Å². The highest BCUT2D eigenvalue weighted by atomic mass is 32.2. The van der Waals surface area contributed by atoms with Gasteiger partial charge in [0.15, 0.2) is 6.61 Å². The summed E-state index contributed by atoms with van der Waals surface area (Å²) in [7, 11) is -4.78. The molecule has 33 heavy (non-hydrogen) atoms. The van der Waals surface area contributed by atoms with Gasteiger partial charge in [-0.2, -0.15) is 8.78 Å². The molecule has 2 aromatic rings. The van der Waals surface area contributed by atoms with Crippen LogP contribution in [0.4, 0.5) is 14.5 Å². The Morgan fingerprint density at radius 1 is 1.00 bits per heavy atom. The summed E-state index contributed by atoms with van der Waals surface area (Å²) in [6.45, 7) is -0.672. The molecule has 11 heteroatoms. The summed E-state index contributed by atoms with van der Waals surface area (Å²) in [6.07, 6.45) is 3.93. The molecule has 0 saturated heterocycles. The van der Waals surface area contributed by atoms with E-state index in [1.165, 1.54) is 0 Å². The number of halogens is 2. The van der Waals surface area contributed by atoms with Crippen LogP contribution in [0, 0.1) is 0 Å². The summed E-state index contributed by atoms with van der Waals surface area (Å²) >= 11 is 0. The number of anilines is 1. The molecule has 2 aromatic carbocycles. The number of ether oxygens (including phenoxy) is 1. The van der Waals surface area contributed by atoms with Crippen LogP contribution in [0.3, 0.4) is 0 Å². The number of hydrogen-bond donors (Lipinski definition) is 2. The molecule has 0 aromatic heterocycles. The molecular formula is C22H22F2N2O6S. The smallest absolute Gasteiger partial charge is 0.341 e. The average molecular weight is 480 g/mol. The van der Waals surface area contributed by atoms with E-state index in [9.17, 15) is 31.6 Å². The molecule has 0 bridgehead atoms. The first-order valence-electron chi connectivity index (χ1n) is 10.2. The zero-order chi connectivity index (χ0) is 24.0. The van der Waals surface area contributed by atoms with Gasteiger partial charge in [-0.1, -0.05) is 25.0 Å². The zero-order valence-corrected chi connectivity index (χ0v) is 18.2. The van der Waals surface area contributed by atoms with E-state index in [-0.39, 0.29) is 28.8 Å². The fraction of sp³-hybridized carbons (Fsp3) is 0.318. The maximum atomic E-state index is 12.6. The predicted octanol–water partition coefficient (Wildman–Crippen LogP) is 3.15. The Balaban J connectivity index is 1.57. The second-order valence-corrected chi connectivity index (χ2v) is 9.37. The first-order chi connectivity index (χ1) is 15.7. The largest absolute Gasteiger partial charge is 0.452 e. The monoisotopic (exact) mass is 480 g/mol. The highest BCUT2D eigenvalue weighted by Crippen LogP contribution is 2.21. The average Bonchev–Trinajstić information content (AvgIpc) is 3.30. The number of alkyl halides is 2. The standard InChI is InChI=1S/C22H22F2N2O6S/c23-22(24)33(30,31)16-11-9-14(10-12-16)21(29)32-13-19(27)26-18-8-4-3-7-17(18)20(28)25-15-5-1-2-6-15/h3-4,7-12,15,22H,1-2,5-6,13H2,(H,25,28)(H,26,27). The molecule has 1 aliphatic rings. The van der Waals surface area contributed by atoms with E-state index < -0.39 is 39.0 Å². The zero-order valence-electron chi connectivity index (χ0n) is 17.4. The van der Waals surface area contributed by atoms with Crippen molar-refractivity contribution < 1.29 is 36.3 Å². The van der Waals surface area contributed by atoms with Gasteiger partial charge in [-0.25, -0.2) is 13.2 Å². The van der Waals surface area contributed by atoms with Gasteiger partial charge < -0.3 is 15.4 Å². The Morgan fingerprint density at radius 3 is 2.27 bits per heavy atom. The molecule has 1 fully saturated rings. The third kappa shape index (κ3) is 6.13. The number of nitrogens with one attached hydrogen (secondary N) is 2. The van der Waals surface area contributed by atoms with E-state index in [0.717, 1.165) is 49.9 Å². The summed E-state index contributed by atoms with van der Waals surface area (Å²) in [4.78, 5) is 36.3. The molecule has 1 aliphatic carbocycles. The second-order valence-electron chi connectivity index (χ2n) is 7.45. The maximum Gasteiger partial charge on any atom is 0.341 e. The molecular weight excluding hydrogens is 458 g/mol. The predicted molar refractivity (Wildman–Crippen MR) is 115 cm³/mol. The van der Waals surface area contributed by atoms with E-state index in [1.807, 2.05) is 0 Å². The normalized spacial score (nSPS) is 14.2. The Morgan fingerprint density at radius 2 is 1.64 bits per heavy atom. The highest BCUT2D eigenvalue weighted by Gasteiger charge is 2.26. The van der Waals surface area contributed by atoms with E-state index in [4.69, 9.17) is 4.74 Å². The lowest BCUT2D eigenvalue weighted by Gasteiger charge is -2.15. The van der Waals surface area contributed by atoms with Crippen molar-refractivity contribution in [1.82, 2.24) is 5.32 Å². The van der Waals surface area contributed by atoms with Crippen LogP contribution in [-0.4, -0.2) is 44.6 Å². The minimum absolute atomic E-state index is 0.101. The van der Waals surface area contributed by atoms with Crippen LogP contribution in [0.15, 0.2) is 53.4 Å². The molecule has 3 rings (SSSR count). The van der Waals surface area contributed by atoms with E-state index in [2.05, 4.69) is 10.6 Å². The number of esters is 1. The molecule has 0 spiro atoms. The number of carbonyl (C=O) groups is 3. The van der Waals surface area contributed by atoms with Gasteiger partial charge in [0.2, 0.25) is 9.84 Å². The minimum atomic E-state index is -4.78. The van der Waals surface area contributed by atoms with Gasteiger partial charge in [0.25, 0.3) is 11.8 Å². The lowest BCUT2D eigenvalue weighted by atomic mass is 10.1. The topological polar surface area (TPSA) is 119 Å². The third-order valence-electron chi connectivity index (χ3n) is 5.12. The fourth-order valence-electron chi connectivity index (χ4n) is 3.41. The van der Waals surface area contributed by atoms with E-state index in [1.54, 1.807) is 24.3 Å². The highest BCUT2D eigenvalue weighted by molar-refractivity contribution is 7.91. The lowest BCUT2D eigenvalue weighted by Crippen LogP contribution is -2.33. The van der Waals surface area contributed by atoms with Crippen LogP contribution in [0.5, 0.6) is 0 Å². The van der Waals surface area contributed by atoms with Gasteiger partial charge in [0.1, 0.15) is 0 Å². The van der Waals surface area contributed by atoms with Crippen LogP contribution >= 0.6 is 0 Å².